The number of hydrogen-bond acceptors (Lipinski definition) is 9. The van der Waals surface area contributed by atoms with Gasteiger partial charge in [-0.1, -0.05) is 18.9 Å². The predicted molar refractivity (Wildman–Crippen MR) is 185 cm³/mol. The van der Waals surface area contributed by atoms with Crippen molar-refractivity contribution < 1.29 is 23.4 Å². The largest absolute Gasteiger partial charge is 0.508 e. The molecule has 4 fully saturated rings. The number of terminal acetylenes is 1. The van der Waals surface area contributed by atoms with E-state index < -0.39 is 11.6 Å². The van der Waals surface area contributed by atoms with Gasteiger partial charge in [-0.15, -0.1) is 6.42 Å². The van der Waals surface area contributed by atoms with Crippen molar-refractivity contribution in [3.05, 3.63) is 47.7 Å². The number of piperidine rings is 1. The Labute approximate surface area is 285 Å². The standard InChI is InChI=1S/C38H42F2N6O3/c1-3-15-48-27-9-13-45(14-10-27)21-38(11-12-38)22-49-37-43-35-30(36(44-37)46-19-24-6-7-25(20-46)42-24)18-41-34(33(35)40)29-17-26(47)16-23-5-8-31(39)28(4-2)32(23)29/h2,5,8,16-18,24-25,27,42,47H,3,6-7,9-15,19-22H2,1H3/t24-,25?/m0/s1. The van der Waals surface area contributed by atoms with Crippen molar-refractivity contribution in [1.29, 1.82) is 0 Å². The summed E-state index contributed by atoms with van der Waals surface area (Å²) in [6, 6.07) is 6.36. The van der Waals surface area contributed by atoms with Crippen LogP contribution < -0.4 is 15.0 Å². The summed E-state index contributed by atoms with van der Waals surface area (Å²) in [4.78, 5) is 18.8. The predicted octanol–water partition coefficient (Wildman–Crippen LogP) is 5.80. The number of aromatic hydroxyl groups is 1. The molecule has 3 aliphatic heterocycles. The van der Waals surface area contributed by atoms with Crippen LogP contribution in [0.25, 0.3) is 32.9 Å². The second-order valence-corrected chi connectivity index (χ2v) is 14.3. The second-order valence-electron chi connectivity index (χ2n) is 14.3. The first-order valence-corrected chi connectivity index (χ1v) is 17.6. The third-order valence-electron chi connectivity index (χ3n) is 10.7. The summed E-state index contributed by atoms with van der Waals surface area (Å²) in [6.45, 7) is 7.82. The monoisotopic (exact) mass is 668 g/mol. The van der Waals surface area contributed by atoms with Crippen molar-refractivity contribution in [2.45, 2.75) is 70.1 Å². The number of anilines is 1. The summed E-state index contributed by atoms with van der Waals surface area (Å²) in [5, 5.41) is 15.5. The number of phenols is 1. The summed E-state index contributed by atoms with van der Waals surface area (Å²) >= 11 is 0. The molecule has 2 aromatic carbocycles. The van der Waals surface area contributed by atoms with E-state index in [2.05, 4.69) is 37.9 Å². The van der Waals surface area contributed by atoms with Gasteiger partial charge in [0.25, 0.3) is 0 Å². The molecule has 0 radical (unpaired) electrons. The van der Waals surface area contributed by atoms with Crippen LogP contribution in [0.2, 0.25) is 0 Å². The van der Waals surface area contributed by atoms with Crippen molar-refractivity contribution in [3.63, 3.8) is 0 Å². The molecule has 2 bridgehead atoms. The Morgan fingerprint density at radius 1 is 1.08 bits per heavy atom. The fourth-order valence-electron chi connectivity index (χ4n) is 7.97. The van der Waals surface area contributed by atoms with Crippen LogP contribution in [0.5, 0.6) is 11.8 Å². The molecule has 2 atom stereocenters. The summed E-state index contributed by atoms with van der Waals surface area (Å²) in [6.07, 6.45) is 15.0. The summed E-state index contributed by atoms with van der Waals surface area (Å²) in [5.41, 5.74) is 0.152. The average molecular weight is 669 g/mol. The van der Waals surface area contributed by atoms with E-state index in [1.54, 1.807) is 6.20 Å². The molecule has 0 amide bonds. The second kappa shape index (κ2) is 13.0. The summed E-state index contributed by atoms with van der Waals surface area (Å²) in [7, 11) is 0. The number of nitrogens with one attached hydrogen (secondary N) is 1. The Bertz CT molecular complexity index is 1930. The van der Waals surface area contributed by atoms with Crippen LogP contribution in [-0.2, 0) is 4.74 Å². The van der Waals surface area contributed by atoms with E-state index in [4.69, 9.17) is 20.9 Å². The number of hydrogen-bond donors (Lipinski definition) is 2. The smallest absolute Gasteiger partial charge is 0.319 e. The highest BCUT2D eigenvalue weighted by Gasteiger charge is 2.45. The first-order chi connectivity index (χ1) is 23.8. The number of phenolic OH excluding ortho intramolecular Hbond substituents is 1. The van der Waals surface area contributed by atoms with Crippen molar-refractivity contribution >= 4 is 27.5 Å². The number of rotatable bonds is 10. The van der Waals surface area contributed by atoms with Gasteiger partial charge in [0, 0.05) is 74.0 Å². The molecule has 4 aromatic rings. The van der Waals surface area contributed by atoms with Gasteiger partial charge in [-0.05, 0) is 68.5 Å². The van der Waals surface area contributed by atoms with E-state index in [-0.39, 0.29) is 39.5 Å². The van der Waals surface area contributed by atoms with E-state index in [0.29, 0.717) is 46.8 Å². The van der Waals surface area contributed by atoms with Gasteiger partial charge in [-0.3, -0.25) is 4.98 Å². The maximum atomic E-state index is 16.9. The number of benzene rings is 2. The Morgan fingerprint density at radius 3 is 2.57 bits per heavy atom. The van der Waals surface area contributed by atoms with Crippen LogP contribution in [0.3, 0.4) is 0 Å². The lowest BCUT2D eigenvalue weighted by Crippen LogP contribution is -2.51. The molecular formula is C38H42F2N6O3. The lowest BCUT2D eigenvalue weighted by molar-refractivity contribution is 0.00198. The van der Waals surface area contributed by atoms with E-state index in [0.717, 1.165) is 84.3 Å². The maximum absolute atomic E-state index is 16.9. The van der Waals surface area contributed by atoms with E-state index in [1.165, 1.54) is 24.3 Å². The highest BCUT2D eigenvalue weighted by molar-refractivity contribution is 6.03. The highest BCUT2D eigenvalue weighted by atomic mass is 19.1. The molecule has 11 heteroatoms. The Hall–Kier alpha value is -4.11. The topological polar surface area (TPSA) is 95.9 Å². The van der Waals surface area contributed by atoms with Gasteiger partial charge >= 0.3 is 6.01 Å². The van der Waals surface area contributed by atoms with Crippen LogP contribution in [0.15, 0.2) is 30.5 Å². The summed E-state index contributed by atoms with van der Waals surface area (Å²) in [5.74, 6) is 1.55. The first kappa shape index (κ1) is 32.1. The lowest BCUT2D eigenvalue weighted by atomic mass is 9.96. The number of ether oxygens (including phenoxy) is 2. The van der Waals surface area contributed by atoms with Gasteiger partial charge in [-0.25, -0.2) is 8.78 Å². The molecule has 2 N–H and O–H groups in total. The van der Waals surface area contributed by atoms with Crippen LogP contribution >= 0.6 is 0 Å². The number of likely N-dealkylation sites (tertiary alicyclic amines) is 1. The molecule has 1 saturated carbocycles. The molecule has 5 heterocycles. The van der Waals surface area contributed by atoms with Crippen LogP contribution in [0.1, 0.15) is 57.4 Å². The zero-order valence-corrected chi connectivity index (χ0v) is 27.9. The minimum absolute atomic E-state index is 0.0157. The number of fused-ring (bicyclic) bond motifs is 4. The van der Waals surface area contributed by atoms with Crippen LogP contribution in [-0.4, -0.2) is 89.1 Å². The van der Waals surface area contributed by atoms with Gasteiger partial charge in [0.15, 0.2) is 5.82 Å². The molecule has 1 unspecified atom stereocenters. The molecule has 256 valence electrons. The normalized spacial score (nSPS) is 22.1. The molecule has 4 aliphatic rings. The molecule has 8 rings (SSSR count). The van der Waals surface area contributed by atoms with Crippen molar-refractivity contribution in [2.75, 3.05) is 50.8 Å². The van der Waals surface area contributed by atoms with Crippen LogP contribution in [0.4, 0.5) is 14.6 Å². The van der Waals surface area contributed by atoms with Crippen molar-refractivity contribution in [3.8, 4) is 35.4 Å². The SMILES string of the molecule is C#Cc1c(F)ccc2cc(O)cc(-c3ncc4c(N5CC6CC[C@@H](C5)N6)nc(OCC5(CN6CCC(OCCC)CC6)CC5)nc4c3F)c12. The fraction of sp³-hybridized carbons (Fsp3) is 0.500. The minimum Gasteiger partial charge on any atom is -0.508 e. The quantitative estimate of drug-likeness (QED) is 0.203. The fourth-order valence-corrected chi connectivity index (χ4v) is 7.97. The maximum Gasteiger partial charge on any atom is 0.319 e. The van der Waals surface area contributed by atoms with E-state index >= 15 is 4.39 Å². The average Bonchev–Trinajstić information content (AvgIpc) is 3.80. The first-order valence-electron chi connectivity index (χ1n) is 17.6. The molecule has 1 aliphatic carbocycles. The lowest BCUT2D eigenvalue weighted by Gasteiger charge is -2.35. The number of pyridine rings is 1. The number of piperazine rings is 1. The van der Waals surface area contributed by atoms with E-state index in [9.17, 15) is 9.50 Å². The van der Waals surface area contributed by atoms with Gasteiger partial charge in [0.2, 0.25) is 0 Å². The Kier molecular flexibility index (Phi) is 8.50. The van der Waals surface area contributed by atoms with Gasteiger partial charge in [-0.2, -0.15) is 9.97 Å². The summed E-state index contributed by atoms with van der Waals surface area (Å²) < 4.78 is 44.1. The molecule has 2 aromatic heterocycles. The Balaban J connectivity index is 1.13. The number of nitrogens with zero attached hydrogens (tertiary/aromatic N) is 5. The molecule has 49 heavy (non-hydrogen) atoms. The highest BCUT2D eigenvalue weighted by Crippen LogP contribution is 2.47. The zero-order valence-electron chi connectivity index (χ0n) is 27.9. The minimum atomic E-state index is -0.711. The molecule has 3 saturated heterocycles. The number of halogens is 2. The third-order valence-corrected chi connectivity index (χ3v) is 10.7. The molecule has 9 nitrogen and oxygen atoms in total. The van der Waals surface area contributed by atoms with Crippen LogP contribution in [0, 0.1) is 29.4 Å². The Morgan fingerprint density at radius 2 is 1.86 bits per heavy atom. The van der Waals surface area contributed by atoms with Crippen molar-refractivity contribution in [1.82, 2.24) is 25.2 Å². The van der Waals surface area contributed by atoms with E-state index in [1.807, 2.05) is 0 Å². The number of aromatic nitrogens is 3. The molecular weight excluding hydrogens is 626 g/mol. The van der Waals surface area contributed by atoms with Crippen molar-refractivity contribution in [2.24, 2.45) is 5.41 Å². The zero-order chi connectivity index (χ0) is 33.7. The van der Waals surface area contributed by atoms with Gasteiger partial charge < -0.3 is 29.7 Å². The third kappa shape index (κ3) is 6.26. The van der Waals surface area contributed by atoms with Gasteiger partial charge in [0.05, 0.1) is 23.7 Å². The van der Waals surface area contributed by atoms with Gasteiger partial charge in [0.1, 0.15) is 28.6 Å². The molecule has 0 spiro atoms.